The molecule has 0 bridgehead atoms. The van der Waals surface area contributed by atoms with Crippen LogP contribution < -0.4 is 4.90 Å². The maximum absolute atomic E-state index is 14.1. The third-order valence-electron chi connectivity index (χ3n) is 11.1. The fourth-order valence-electron chi connectivity index (χ4n) is 8.57. The van der Waals surface area contributed by atoms with Gasteiger partial charge in [-0.25, -0.2) is 0 Å². The first-order valence-electron chi connectivity index (χ1n) is 18.6. The van der Waals surface area contributed by atoms with Crippen LogP contribution in [0.15, 0.2) is 72.8 Å². The van der Waals surface area contributed by atoms with Crippen molar-refractivity contribution in [3.8, 4) is 0 Å². The predicted octanol–water partition coefficient (Wildman–Crippen LogP) is 10.1. The number of amides is 3. The minimum absolute atomic E-state index is 0.229. The summed E-state index contributed by atoms with van der Waals surface area (Å²) in [5.41, 5.74) is 3.89. The molecule has 7 heteroatoms. The molecule has 1 unspecified atom stereocenters. The number of ether oxygens (including phenoxy) is 1. The lowest BCUT2D eigenvalue weighted by atomic mass is 9.82. The van der Waals surface area contributed by atoms with E-state index in [1.54, 1.807) is 7.11 Å². The van der Waals surface area contributed by atoms with E-state index in [2.05, 4.69) is 6.92 Å². The summed E-state index contributed by atoms with van der Waals surface area (Å²) in [6.45, 7) is 3.13. The third-order valence-corrected chi connectivity index (χ3v) is 11.1. The Bertz CT molecular complexity index is 2240. The minimum Gasteiger partial charge on any atom is -0.380 e. The van der Waals surface area contributed by atoms with Gasteiger partial charge in [0.2, 0.25) is 0 Å². The van der Waals surface area contributed by atoms with Crippen molar-refractivity contribution in [1.82, 2.24) is 4.90 Å². The monoisotopic (exact) mass is 680 g/mol. The Hall–Kier alpha value is -4.85. The van der Waals surface area contributed by atoms with Crippen LogP contribution in [0, 0.1) is 0 Å². The third kappa shape index (κ3) is 5.45. The lowest BCUT2D eigenvalue weighted by molar-refractivity contribution is 0.0607. The molecule has 2 aliphatic rings. The van der Waals surface area contributed by atoms with Gasteiger partial charge in [-0.3, -0.25) is 24.2 Å². The SMILES string of the molecule is CCCCCCCCCCCCN1C(=O)c2ccc3c4ccc5c6c(ccc(c7ccc(c2c37)C1=O)c64)C(O)N(c1ccc(COC)cc1)C5=O. The molecule has 6 aromatic rings. The van der Waals surface area contributed by atoms with Crippen molar-refractivity contribution in [1.29, 1.82) is 0 Å². The van der Waals surface area contributed by atoms with Crippen molar-refractivity contribution in [2.75, 3.05) is 18.6 Å². The van der Waals surface area contributed by atoms with Crippen molar-refractivity contribution < 1.29 is 24.2 Å². The molecule has 0 saturated carbocycles. The number of unbranched alkanes of at least 4 members (excludes halogenated alkanes) is 9. The number of hydrogen-bond acceptors (Lipinski definition) is 5. The van der Waals surface area contributed by atoms with E-state index in [-0.39, 0.29) is 17.7 Å². The van der Waals surface area contributed by atoms with E-state index in [0.29, 0.717) is 46.5 Å². The number of carbonyl (C=O) groups is 3. The van der Waals surface area contributed by atoms with Gasteiger partial charge < -0.3 is 9.84 Å². The largest absolute Gasteiger partial charge is 0.380 e. The molecule has 2 aliphatic heterocycles. The minimum atomic E-state index is -1.17. The number of imide groups is 1. The molecule has 2 heterocycles. The van der Waals surface area contributed by atoms with Gasteiger partial charge in [0.15, 0.2) is 6.23 Å². The van der Waals surface area contributed by atoms with E-state index >= 15 is 0 Å². The molecule has 7 nitrogen and oxygen atoms in total. The summed E-state index contributed by atoms with van der Waals surface area (Å²) in [7, 11) is 1.64. The smallest absolute Gasteiger partial charge is 0.261 e. The van der Waals surface area contributed by atoms with Crippen LogP contribution in [0.4, 0.5) is 5.69 Å². The average molecular weight is 681 g/mol. The predicted molar refractivity (Wildman–Crippen MR) is 204 cm³/mol. The number of aliphatic hydroxyl groups excluding tert-OH is 1. The zero-order valence-electron chi connectivity index (χ0n) is 29.5. The number of hydrogen-bond donors (Lipinski definition) is 1. The van der Waals surface area contributed by atoms with Crippen molar-refractivity contribution in [2.24, 2.45) is 0 Å². The van der Waals surface area contributed by atoms with Crippen molar-refractivity contribution in [3.63, 3.8) is 0 Å². The molecule has 1 atom stereocenters. The number of fused-ring (bicyclic) bond motifs is 2. The zero-order valence-corrected chi connectivity index (χ0v) is 29.5. The molecule has 0 spiro atoms. The van der Waals surface area contributed by atoms with E-state index in [9.17, 15) is 19.5 Å². The Morgan fingerprint density at radius 1 is 0.569 bits per heavy atom. The first-order chi connectivity index (χ1) is 24.9. The van der Waals surface area contributed by atoms with Gasteiger partial charge in [-0.2, -0.15) is 0 Å². The molecule has 3 amide bonds. The topological polar surface area (TPSA) is 87.2 Å². The van der Waals surface area contributed by atoms with Gasteiger partial charge in [0.05, 0.1) is 6.61 Å². The molecular weight excluding hydrogens is 636 g/mol. The molecule has 260 valence electrons. The highest BCUT2D eigenvalue weighted by Gasteiger charge is 2.37. The summed E-state index contributed by atoms with van der Waals surface area (Å²) in [5.74, 6) is -0.729. The van der Waals surface area contributed by atoms with E-state index in [0.717, 1.165) is 62.5 Å². The first-order valence-corrected chi connectivity index (χ1v) is 18.6. The lowest BCUT2D eigenvalue weighted by Crippen LogP contribution is -2.40. The molecule has 6 aromatic carbocycles. The maximum atomic E-state index is 14.1. The number of carbonyl (C=O) groups excluding carboxylic acids is 3. The number of benzene rings is 6. The second-order valence-corrected chi connectivity index (χ2v) is 14.3. The normalized spacial score (nSPS) is 15.8. The van der Waals surface area contributed by atoms with Gasteiger partial charge in [0.1, 0.15) is 0 Å². The Morgan fingerprint density at radius 2 is 1.06 bits per heavy atom. The van der Waals surface area contributed by atoms with Crippen LogP contribution in [0.5, 0.6) is 0 Å². The second kappa shape index (κ2) is 13.7. The molecule has 0 radical (unpaired) electrons. The summed E-state index contributed by atoms with van der Waals surface area (Å²) in [6.07, 6.45) is 10.7. The van der Waals surface area contributed by atoms with Crippen LogP contribution >= 0.6 is 0 Å². The molecule has 8 rings (SSSR count). The highest BCUT2D eigenvalue weighted by Crippen LogP contribution is 2.48. The van der Waals surface area contributed by atoms with E-state index in [1.807, 2.05) is 72.8 Å². The molecule has 1 N–H and O–H groups in total. The Kier molecular flexibility index (Phi) is 8.95. The first kappa shape index (κ1) is 33.3. The van der Waals surface area contributed by atoms with Crippen LogP contribution in [-0.2, 0) is 11.3 Å². The molecule has 0 fully saturated rings. The van der Waals surface area contributed by atoms with E-state index < -0.39 is 6.23 Å². The van der Waals surface area contributed by atoms with Crippen LogP contribution in [0.1, 0.15) is 120 Å². The van der Waals surface area contributed by atoms with Crippen LogP contribution in [0.3, 0.4) is 0 Å². The second-order valence-electron chi connectivity index (χ2n) is 14.3. The number of rotatable bonds is 14. The van der Waals surface area contributed by atoms with Crippen LogP contribution in [0.2, 0.25) is 0 Å². The summed E-state index contributed by atoms with van der Waals surface area (Å²) < 4.78 is 5.24. The maximum Gasteiger partial charge on any atom is 0.261 e. The van der Waals surface area contributed by atoms with Gasteiger partial charge in [-0.05, 0) is 74.6 Å². The van der Waals surface area contributed by atoms with Crippen molar-refractivity contribution in [2.45, 2.75) is 84.0 Å². The van der Waals surface area contributed by atoms with Crippen molar-refractivity contribution in [3.05, 3.63) is 101 Å². The summed E-state index contributed by atoms with van der Waals surface area (Å²) in [4.78, 5) is 44.8. The summed E-state index contributed by atoms with van der Waals surface area (Å²) in [6, 6.07) is 22.9. The highest BCUT2D eigenvalue weighted by atomic mass is 16.5. The fourth-order valence-corrected chi connectivity index (χ4v) is 8.57. The molecule has 0 aliphatic carbocycles. The Morgan fingerprint density at radius 3 is 1.61 bits per heavy atom. The molecule has 51 heavy (non-hydrogen) atoms. The number of methoxy groups -OCH3 is 1. The van der Waals surface area contributed by atoms with Gasteiger partial charge in [0.25, 0.3) is 17.7 Å². The highest BCUT2D eigenvalue weighted by molar-refractivity contribution is 6.39. The summed E-state index contributed by atoms with van der Waals surface area (Å²) in [5, 5.41) is 18.6. The van der Waals surface area contributed by atoms with Gasteiger partial charge in [-0.1, -0.05) is 107 Å². The molecule has 0 saturated heterocycles. The fraction of sp³-hybridized carbons (Fsp3) is 0.341. The number of aliphatic hydroxyl groups is 1. The summed E-state index contributed by atoms with van der Waals surface area (Å²) >= 11 is 0. The quantitative estimate of drug-likeness (QED) is 0.0536. The Balaban J connectivity index is 1.11. The molecule has 0 aromatic heterocycles. The van der Waals surface area contributed by atoms with Gasteiger partial charge >= 0.3 is 0 Å². The van der Waals surface area contributed by atoms with Gasteiger partial charge in [-0.15, -0.1) is 0 Å². The average Bonchev–Trinajstić information content (AvgIpc) is 3.15. The lowest BCUT2D eigenvalue weighted by Gasteiger charge is -2.34. The Labute approximate surface area is 298 Å². The van der Waals surface area contributed by atoms with Gasteiger partial charge in [0, 0.05) is 52.4 Å². The van der Waals surface area contributed by atoms with Crippen molar-refractivity contribution >= 4 is 66.5 Å². The molecular formula is C44H44N2O5. The standard InChI is InChI=1S/C44H44N2O5/c1-3-4-5-6-7-8-9-10-11-12-25-45-41(47)33-21-17-29-31-19-23-35-40-36(44(50)46(43(35)49)28-15-13-27(14-16-28)26-51-2)24-20-32(38(31)40)30-18-22-34(42(45)48)39(33)37(29)30/h13-24,43,49H,3-12,25-26H2,1-2H3. The number of nitrogens with zero attached hydrogens (tertiary/aromatic N) is 2. The van der Waals surface area contributed by atoms with E-state index in [4.69, 9.17) is 4.74 Å². The van der Waals surface area contributed by atoms with Crippen LogP contribution in [-0.4, -0.2) is 41.4 Å². The zero-order chi connectivity index (χ0) is 35.2. The van der Waals surface area contributed by atoms with E-state index in [1.165, 1.54) is 54.7 Å². The van der Waals surface area contributed by atoms with Crippen LogP contribution in [0.25, 0.3) is 43.1 Å². The number of anilines is 1.